The fourth-order valence-corrected chi connectivity index (χ4v) is 2.35. The zero-order chi connectivity index (χ0) is 14.5. The molecule has 2 aromatic carbocycles. The molecule has 1 atom stereocenters. The van der Waals surface area contributed by atoms with Gasteiger partial charge in [-0.1, -0.05) is 48.0 Å². The lowest BCUT2D eigenvalue weighted by Gasteiger charge is -2.21. The van der Waals surface area contributed by atoms with E-state index in [2.05, 4.69) is 10.1 Å². The number of hydrogen-bond donors (Lipinski definition) is 1. The summed E-state index contributed by atoms with van der Waals surface area (Å²) in [5.41, 5.74) is 1.42. The normalized spacial score (nSPS) is 12.4. The van der Waals surface area contributed by atoms with Gasteiger partial charge in [-0.05, 0) is 24.7 Å². The third-order valence-electron chi connectivity index (χ3n) is 2.95. The van der Waals surface area contributed by atoms with Crippen LogP contribution in [0.3, 0.4) is 0 Å². The molecule has 2 aromatic rings. The quantitative estimate of drug-likeness (QED) is 0.891. The van der Waals surface area contributed by atoms with Crippen LogP contribution in [0.4, 0.5) is 8.78 Å². The van der Waals surface area contributed by atoms with Gasteiger partial charge in [0.15, 0.2) is 0 Å². The van der Waals surface area contributed by atoms with Crippen molar-refractivity contribution in [1.82, 2.24) is 5.32 Å². The molecule has 0 heterocycles. The maximum atomic E-state index is 12.5. The van der Waals surface area contributed by atoms with Gasteiger partial charge in [-0.2, -0.15) is 8.78 Å². The Bertz CT molecular complexity index is 577. The first kappa shape index (κ1) is 14.8. The molecule has 0 bridgehead atoms. The van der Waals surface area contributed by atoms with E-state index in [9.17, 15) is 8.78 Å². The van der Waals surface area contributed by atoms with Gasteiger partial charge in [0, 0.05) is 10.6 Å². The summed E-state index contributed by atoms with van der Waals surface area (Å²) < 4.78 is 29.5. The van der Waals surface area contributed by atoms with E-state index < -0.39 is 6.61 Å². The molecule has 0 aliphatic heterocycles. The molecule has 0 saturated heterocycles. The molecular weight excluding hydrogens is 284 g/mol. The second kappa shape index (κ2) is 6.68. The fourth-order valence-electron chi connectivity index (χ4n) is 2.11. The molecule has 0 aliphatic carbocycles. The maximum absolute atomic E-state index is 12.5. The van der Waals surface area contributed by atoms with Crippen molar-refractivity contribution in [3.63, 3.8) is 0 Å². The van der Waals surface area contributed by atoms with Crippen molar-refractivity contribution in [1.29, 1.82) is 0 Å². The SMILES string of the molecule is CNC(c1ccccc1Cl)c1ccccc1OC(F)F. The maximum Gasteiger partial charge on any atom is 0.387 e. The Kier molecular flexibility index (Phi) is 4.93. The van der Waals surface area contributed by atoms with Crippen LogP contribution in [0.2, 0.25) is 5.02 Å². The second-order valence-electron chi connectivity index (χ2n) is 4.16. The minimum atomic E-state index is -2.86. The third kappa shape index (κ3) is 3.26. The molecular formula is C15H14ClF2NO. The molecule has 0 aromatic heterocycles. The van der Waals surface area contributed by atoms with Crippen molar-refractivity contribution in [3.8, 4) is 5.75 Å². The smallest absolute Gasteiger partial charge is 0.387 e. The van der Waals surface area contributed by atoms with Crippen LogP contribution < -0.4 is 10.1 Å². The number of alkyl halides is 2. The summed E-state index contributed by atoms with van der Waals surface area (Å²) in [6.07, 6.45) is 0. The topological polar surface area (TPSA) is 21.3 Å². The van der Waals surface area contributed by atoms with Crippen LogP contribution in [0, 0.1) is 0 Å². The lowest BCUT2D eigenvalue weighted by atomic mass is 9.98. The molecule has 2 nitrogen and oxygen atoms in total. The average Bonchev–Trinajstić information content (AvgIpc) is 2.43. The molecule has 0 amide bonds. The second-order valence-corrected chi connectivity index (χ2v) is 4.57. The summed E-state index contributed by atoms with van der Waals surface area (Å²) in [6, 6.07) is 13.6. The van der Waals surface area contributed by atoms with Crippen molar-refractivity contribution in [2.45, 2.75) is 12.7 Å². The van der Waals surface area contributed by atoms with Crippen LogP contribution in [0.1, 0.15) is 17.2 Å². The Morgan fingerprint density at radius 3 is 2.20 bits per heavy atom. The predicted octanol–water partition coefficient (Wildman–Crippen LogP) is 4.25. The van der Waals surface area contributed by atoms with E-state index in [0.29, 0.717) is 10.6 Å². The number of para-hydroxylation sites is 1. The van der Waals surface area contributed by atoms with Crippen LogP contribution in [0.5, 0.6) is 5.75 Å². The van der Waals surface area contributed by atoms with Gasteiger partial charge in [0.25, 0.3) is 0 Å². The Hall–Kier alpha value is -1.65. The van der Waals surface area contributed by atoms with Crippen molar-refractivity contribution < 1.29 is 13.5 Å². The van der Waals surface area contributed by atoms with Gasteiger partial charge >= 0.3 is 6.61 Å². The van der Waals surface area contributed by atoms with Crippen LogP contribution in [-0.4, -0.2) is 13.7 Å². The van der Waals surface area contributed by atoms with Crippen LogP contribution in [0.15, 0.2) is 48.5 Å². The Balaban J connectivity index is 2.45. The van der Waals surface area contributed by atoms with Gasteiger partial charge in [-0.3, -0.25) is 0 Å². The molecule has 0 fully saturated rings. The van der Waals surface area contributed by atoms with E-state index in [0.717, 1.165) is 5.56 Å². The van der Waals surface area contributed by atoms with Crippen LogP contribution in [-0.2, 0) is 0 Å². The summed E-state index contributed by atoms with van der Waals surface area (Å²) in [5.74, 6) is 0.141. The molecule has 20 heavy (non-hydrogen) atoms. The highest BCUT2D eigenvalue weighted by molar-refractivity contribution is 6.31. The molecule has 1 unspecified atom stereocenters. The van der Waals surface area contributed by atoms with Crippen molar-refractivity contribution in [2.24, 2.45) is 0 Å². The molecule has 106 valence electrons. The highest BCUT2D eigenvalue weighted by atomic mass is 35.5. The van der Waals surface area contributed by atoms with Gasteiger partial charge in [-0.25, -0.2) is 0 Å². The summed E-state index contributed by atoms with van der Waals surface area (Å²) >= 11 is 6.18. The summed E-state index contributed by atoms with van der Waals surface area (Å²) in [4.78, 5) is 0. The molecule has 2 rings (SSSR count). The molecule has 0 radical (unpaired) electrons. The largest absolute Gasteiger partial charge is 0.434 e. The first-order chi connectivity index (χ1) is 9.63. The Morgan fingerprint density at radius 2 is 1.60 bits per heavy atom. The van der Waals surface area contributed by atoms with E-state index in [1.807, 2.05) is 18.2 Å². The average molecular weight is 298 g/mol. The fraction of sp³-hybridized carbons (Fsp3) is 0.200. The molecule has 0 saturated carbocycles. The van der Waals surface area contributed by atoms with Gasteiger partial charge in [-0.15, -0.1) is 0 Å². The van der Waals surface area contributed by atoms with Crippen molar-refractivity contribution >= 4 is 11.6 Å². The summed E-state index contributed by atoms with van der Waals surface area (Å²) in [5, 5.41) is 3.65. The van der Waals surface area contributed by atoms with Gasteiger partial charge in [0.1, 0.15) is 5.75 Å². The molecule has 0 spiro atoms. The highest BCUT2D eigenvalue weighted by Gasteiger charge is 2.20. The number of ether oxygens (including phenoxy) is 1. The zero-order valence-electron chi connectivity index (χ0n) is 10.8. The van der Waals surface area contributed by atoms with Gasteiger partial charge in [0.05, 0.1) is 6.04 Å². The Labute approximate surface area is 121 Å². The van der Waals surface area contributed by atoms with Crippen LogP contribution >= 0.6 is 11.6 Å². The van der Waals surface area contributed by atoms with Crippen molar-refractivity contribution in [2.75, 3.05) is 7.05 Å². The summed E-state index contributed by atoms with van der Waals surface area (Å²) in [6.45, 7) is -2.86. The molecule has 5 heteroatoms. The van der Waals surface area contributed by atoms with E-state index in [4.69, 9.17) is 11.6 Å². The van der Waals surface area contributed by atoms with E-state index in [1.54, 1.807) is 31.3 Å². The third-order valence-corrected chi connectivity index (χ3v) is 3.30. The minimum Gasteiger partial charge on any atom is -0.434 e. The summed E-state index contributed by atoms with van der Waals surface area (Å²) in [7, 11) is 1.74. The first-order valence-electron chi connectivity index (χ1n) is 6.09. The predicted molar refractivity (Wildman–Crippen MR) is 75.4 cm³/mol. The standard InChI is InChI=1S/C15H14ClF2NO/c1-19-14(10-6-2-4-8-12(10)16)11-7-3-5-9-13(11)20-15(17)18/h2-9,14-15,19H,1H3. The van der Waals surface area contributed by atoms with Gasteiger partial charge < -0.3 is 10.1 Å². The van der Waals surface area contributed by atoms with Crippen molar-refractivity contribution in [3.05, 3.63) is 64.7 Å². The number of halogens is 3. The van der Waals surface area contributed by atoms with E-state index >= 15 is 0 Å². The minimum absolute atomic E-state index is 0.141. The lowest BCUT2D eigenvalue weighted by Crippen LogP contribution is -2.19. The monoisotopic (exact) mass is 297 g/mol. The Morgan fingerprint density at radius 1 is 1.00 bits per heavy atom. The van der Waals surface area contributed by atoms with Gasteiger partial charge in [0.2, 0.25) is 0 Å². The number of rotatable bonds is 5. The van der Waals surface area contributed by atoms with Crippen LogP contribution in [0.25, 0.3) is 0 Å². The molecule has 0 aliphatic rings. The number of hydrogen-bond acceptors (Lipinski definition) is 2. The lowest BCUT2D eigenvalue weighted by molar-refractivity contribution is -0.0506. The zero-order valence-corrected chi connectivity index (χ0v) is 11.6. The number of benzene rings is 2. The van der Waals surface area contributed by atoms with E-state index in [1.165, 1.54) is 6.07 Å². The van der Waals surface area contributed by atoms with E-state index in [-0.39, 0.29) is 11.8 Å². The highest BCUT2D eigenvalue weighted by Crippen LogP contribution is 2.33. The molecule has 1 N–H and O–H groups in total. The number of nitrogens with one attached hydrogen (secondary N) is 1. The first-order valence-corrected chi connectivity index (χ1v) is 6.46.